The van der Waals surface area contributed by atoms with Crippen molar-refractivity contribution in [3.05, 3.63) is 41.3 Å². The fraction of sp³-hybridized carbons (Fsp3) is 0.381. The molecule has 3 heterocycles. The first kappa shape index (κ1) is 18.5. The number of aromatic amines is 1. The highest BCUT2D eigenvalue weighted by atomic mass is 16.2. The van der Waals surface area contributed by atoms with E-state index < -0.39 is 0 Å². The van der Waals surface area contributed by atoms with Crippen molar-refractivity contribution in [2.75, 3.05) is 25.0 Å². The third-order valence-electron chi connectivity index (χ3n) is 5.53. The average molecular weight is 402 g/mol. The van der Waals surface area contributed by atoms with Gasteiger partial charge >= 0.3 is 0 Å². The largest absolute Gasteiger partial charge is 0.333 e. The molecule has 1 atom stereocenters. The summed E-state index contributed by atoms with van der Waals surface area (Å²) < 4.78 is 0. The molecule has 1 amide bonds. The van der Waals surface area contributed by atoms with Gasteiger partial charge in [0.25, 0.3) is 5.91 Å². The Bertz CT molecular complexity index is 1160. The molecule has 9 heteroatoms. The van der Waals surface area contributed by atoms with Gasteiger partial charge in [0.15, 0.2) is 5.82 Å². The van der Waals surface area contributed by atoms with Crippen LogP contribution >= 0.6 is 0 Å². The quantitative estimate of drug-likeness (QED) is 0.612. The van der Waals surface area contributed by atoms with Gasteiger partial charge in [0.1, 0.15) is 5.82 Å². The summed E-state index contributed by atoms with van der Waals surface area (Å²) in [7, 11) is 0. The molecule has 0 unspecified atom stereocenters. The van der Waals surface area contributed by atoms with Crippen LogP contribution in [0.3, 0.4) is 0 Å². The average Bonchev–Trinajstić information content (AvgIpc) is 3.51. The first-order valence-electron chi connectivity index (χ1n) is 10.2. The molecule has 2 fully saturated rings. The van der Waals surface area contributed by atoms with Crippen LogP contribution in [0.2, 0.25) is 0 Å². The standard InChI is InChI=1S/C21H22N8O/c1-12-11-29(7-6-23-12)21(30)20-24-16-5-2-13(10-22)8-15(16)19(26-20)25-18-9-17(27-28-18)14-3-4-14/h2,5,8-9,12,14,23H,3-4,6-7,11H2,1H3,(H2,24,25,26,27,28)/t12-/m1/s1. The van der Waals surface area contributed by atoms with Crippen LogP contribution in [0.5, 0.6) is 0 Å². The minimum absolute atomic E-state index is 0.141. The molecule has 1 saturated carbocycles. The number of nitrogens with zero attached hydrogens (tertiary/aromatic N) is 5. The van der Waals surface area contributed by atoms with E-state index in [2.05, 4.69) is 36.9 Å². The minimum Gasteiger partial charge on any atom is -0.333 e. The van der Waals surface area contributed by atoms with E-state index in [0.29, 0.717) is 47.1 Å². The summed E-state index contributed by atoms with van der Waals surface area (Å²) in [6.07, 6.45) is 2.34. The summed E-state index contributed by atoms with van der Waals surface area (Å²) in [5, 5.41) is 23.9. The second kappa shape index (κ2) is 7.39. The Hall–Kier alpha value is -3.51. The Morgan fingerprint density at radius 1 is 1.30 bits per heavy atom. The van der Waals surface area contributed by atoms with Gasteiger partial charge in [-0.15, -0.1) is 0 Å². The SMILES string of the molecule is C[C@@H]1CN(C(=O)c2nc(Nc3cc(C4CC4)[nH]n3)c3cc(C#N)ccc3n2)CCN1. The van der Waals surface area contributed by atoms with Crippen molar-refractivity contribution in [2.24, 2.45) is 0 Å². The Morgan fingerprint density at radius 3 is 2.93 bits per heavy atom. The van der Waals surface area contributed by atoms with Crippen molar-refractivity contribution >= 4 is 28.4 Å². The lowest BCUT2D eigenvalue weighted by Gasteiger charge is -2.31. The van der Waals surface area contributed by atoms with Gasteiger partial charge in [-0.3, -0.25) is 9.89 Å². The topological polar surface area (TPSA) is 123 Å². The number of nitrogens with one attached hydrogen (secondary N) is 3. The van der Waals surface area contributed by atoms with Crippen LogP contribution in [0.25, 0.3) is 10.9 Å². The van der Waals surface area contributed by atoms with E-state index in [1.165, 1.54) is 12.8 Å². The highest BCUT2D eigenvalue weighted by Crippen LogP contribution is 2.39. The molecule has 5 rings (SSSR count). The van der Waals surface area contributed by atoms with Crippen molar-refractivity contribution in [1.82, 2.24) is 30.4 Å². The van der Waals surface area contributed by atoms with Crippen LogP contribution in [-0.4, -0.2) is 56.6 Å². The van der Waals surface area contributed by atoms with E-state index in [4.69, 9.17) is 0 Å². The molecule has 1 aliphatic carbocycles. The monoisotopic (exact) mass is 402 g/mol. The number of carbonyl (C=O) groups is 1. The smallest absolute Gasteiger partial charge is 0.291 e. The van der Waals surface area contributed by atoms with E-state index in [-0.39, 0.29) is 17.8 Å². The molecule has 2 aromatic heterocycles. The maximum Gasteiger partial charge on any atom is 0.291 e. The highest BCUT2D eigenvalue weighted by Gasteiger charge is 2.27. The van der Waals surface area contributed by atoms with Crippen molar-refractivity contribution in [3.63, 3.8) is 0 Å². The second-order valence-electron chi connectivity index (χ2n) is 7.95. The van der Waals surface area contributed by atoms with Crippen molar-refractivity contribution < 1.29 is 4.79 Å². The molecule has 1 aliphatic heterocycles. The van der Waals surface area contributed by atoms with E-state index >= 15 is 0 Å². The van der Waals surface area contributed by atoms with Crippen LogP contribution in [0.1, 0.15) is 47.6 Å². The van der Waals surface area contributed by atoms with Crippen LogP contribution < -0.4 is 10.6 Å². The lowest BCUT2D eigenvalue weighted by molar-refractivity contribution is 0.0697. The number of rotatable bonds is 4. The Kier molecular flexibility index (Phi) is 4.56. The number of piperazine rings is 1. The lowest BCUT2D eigenvalue weighted by atomic mass is 10.1. The maximum absolute atomic E-state index is 13.1. The number of hydrogen-bond donors (Lipinski definition) is 3. The number of amides is 1. The number of aromatic nitrogens is 4. The van der Waals surface area contributed by atoms with E-state index in [9.17, 15) is 10.1 Å². The predicted octanol–water partition coefficient (Wildman–Crippen LogP) is 2.28. The highest BCUT2D eigenvalue weighted by molar-refractivity contribution is 5.97. The predicted molar refractivity (Wildman–Crippen MR) is 111 cm³/mol. The molecule has 9 nitrogen and oxygen atoms in total. The van der Waals surface area contributed by atoms with Gasteiger partial charge in [0.05, 0.1) is 17.1 Å². The molecule has 30 heavy (non-hydrogen) atoms. The van der Waals surface area contributed by atoms with Crippen LogP contribution in [-0.2, 0) is 0 Å². The van der Waals surface area contributed by atoms with Gasteiger partial charge in [-0.2, -0.15) is 10.4 Å². The molecule has 1 saturated heterocycles. The summed E-state index contributed by atoms with van der Waals surface area (Å²) >= 11 is 0. The minimum atomic E-state index is -0.196. The number of benzene rings is 1. The van der Waals surface area contributed by atoms with E-state index in [1.807, 2.05) is 13.0 Å². The molecule has 0 spiro atoms. The van der Waals surface area contributed by atoms with Gasteiger partial charge in [0, 0.05) is 48.7 Å². The molecule has 2 aliphatic rings. The number of fused-ring (bicyclic) bond motifs is 1. The van der Waals surface area contributed by atoms with Crippen molar-refractivity contribution in [2.45, 2.75) is 31.7 Å². The first-order chi connectivity index (χ1) is 14.6. The molecule has 152 valence electrons. The number of H-pyrrole nitrogens is 1. The van der Waals surface area contributed by atoms with Gasteiger partial charge in [-0.05, 0) is 38.0 Å². The van der Waals surface area contributed by atoms with Crippen molar-refractivity contribution in [3.8, 4) is 6.07 Å². The van der Waals surface area contributed by atoms with Crippen LogP contribution in [0.4, 0.5) is 11.6 Å². The molecular weight excluding hydrogens is 380 g/mol. The third kappa shape index (κ3) is 3.57. The molecule has 3 aromatic rings. The van der Waals surface area contributed by atoms with Crippen molar-refractivity contribution in [1.29, 1.82) is 5.26 Å². The normalized spacial score (nSPS) is 18.9. The van der Waals surface area contributed by atoms with E-state index in [1.54, 1.807) is 23.1 Å². The first-order valence-corrected chi connectivity index (χ1v) is 10.2. The summed E-state index contributed by atoms with van der Waals surface area (Å²) in [5.41, 5.74) is 2.21. The zero-order chi connectivity index (χ0) is 20.7. The van der Waals surface area contributed by atoms with Gasteiger partial charge in [-0.1, -0.05) is 0 Å². The Morgan fingerprint density at radius 2 is 2.17 bits per heavy atom. The lowest BCUT2D eigenvalue weighted by Crippen LogP contribution is -2.51. The fourth-order valence-corrected chi connectivity index (χ4v) is 3.77. The Balaban J connectivity index is 1.53. The summed E-state index contributed by atoms with van der Waals surface area (Å²) in [4.78, 5) is 23.9. The van der Waals surface area contributed by atoms with Gasteiger partial charge in [0.2, 0.25) is 5.82 Å². The third-order valence-corrected chi connectivity index (χ3v) is 5.53. The zero-order valence-electron chi connectivity index (χ0n) is 16.6. The fourth-order valence-electron chi connectivity index (χ4n) is 3.77. The summed E-state index contributed by atoms with van der Waals surface area (Å²) in [6, 6.07) is 9.51. The summed E-state index contributed by atoms with van der Waals surface area (Å²) in [6.45, 7) is 4.02. The van der Waals surface area contributed by atoms with Gasteiger partial charge < -0.3 is 15.5 Å². The van der Waals surface area contributed by atoms with Crippen LogP contribution in [0.15, 0.2) is 24.3 Å². The summed E-state index contributed by atoms with van der Waals surface area (Å²) in [5.74, 6) is 1.60. The van der Waals surface area contributed by atoms with Gasteiger partial charge in [-0.25, -0.2) is 9.97 Å². The molecule has 1 aromatic carbocycles. The van der Waals surface area contributed by atoms with Crippen LogP contribution in [0, 0.1) is 11.3 Å². The van der Waals surface area contributed by atoms with E-state index in [0.717, 1.165) is 12.2 Å². The molecule has 0 bridgehead atoms. The number of hydrogen-bond acceptors (Lipinski definition) is 7. The maximum atomic E-state index is 13.1. The number of carbonyl (C=O) groups excluding carboxylic acids is 1. The number of nitriles is 1. The molecular formula is C21H22N8O. The Labute approximate surface area is 173 Å². The second-order valence-corrected chi connectivity index (χ2v) is 7.95. The molecule has 0 radical (unpaired) electrons. The number of anilines is 2. The molecule has 3 N–H and O–H groups in total. The zero-order valence-corrected chi connectivity index (χ0v) is 16.6.